The van der Waals surface area contributed by atoms with Crippen molar-refractivity contribution in [3.63, 3.8) is 0 Å². The number of rotatable bonds is 3. The second kappa shape index (κ2) is 6.25. The molecule has 1 atom stereocenters. The Kier molecular flexibility index (Phi) is 3.82. The van der Waals surface area contributed by atoms with E-state index in [-0.39, 0.29) is 5.41 Å². The fourth-order valence-corrected chi connectivity index (χ4v) is 4.78. The number of methoxy groups -OCH3 is 2. The first-order chi connectivity index (χ1) is 13.6. The van der Waals surface area contributed by atoms with Crippen molar-refractivity contribution in [1.29, 1.82) is 0 Å². The lowest BCUT2D eigenvalue weighted by molar-refractivity contribution is 0.330. The van der Waals surface area contributed by atoms with Gasteiger partial charge in [0.05, 0.1) is 25.9 Å². The zero-order valence-corrected chi connectivity index (χ0v) is 16.2. The molecule has 8 heteroatoms. The fourth-order valence-electron chi connectivity index (χ4n) is 4.78. The van der Waals surface area contributed by atoms with E-state index in [0.717, 1.165) is 49.7 Å². The molecule has 1 aromatic carbocycles. The van der Waals surface area contributed by atoms with E-state index in [9.17, 15) is 0 Å². The third-order valence-corrected chi connectivity index (χ3v) is 6.20. The van der Waals surface area contributed by atoms with Crippen molar-refractivity contribution in [1.82, 2.24) is 20.2 Å². The van der Waals surface area contributed by atoms with Gasteiger partial charge in [-0.05, 0) is 37.3 Å². The second-order valence-corrected chi connectivity index (χ2v) is 7.71. The Bertz CT molecular complexity index is 1050. The van der Waals surface area contributed by atoms with Gasteiger partial charge in [-0.1, -0.05) is 0 Å². The summed E-state index contributed by atoms with van der Waals surface area (Å²) in [6.45, 7) is 1.80. The van der Waals surface area contributed by atoms with Crippen LogP contribution in [0.5, 0.6) is 11.5 Å². The van der Waals surface area contributed by atoms with Gasteiger partial charge >= 0.3 is 0 Å². The molecule has 8 nitrogen and oxygen atoms in total. The number of aromatic nitrogens is 4. The number of nitrogens with two attached hydrogens (primary N) is 1. The monoisotopic (exact) mass is 380 g/mol. The van der Waals surface area contributed by atoms with Gasteiger partial charge in [-0.25, -0.2) is 4.98 Å². The van der Waals surface area contributed by atoms with Crippen molar-refractivity contribution in [2.45, 2.75) is 31.1 Å². The summed E-state index contributed by atoms with van der Waals surface area (Å²) in [6, 6.07) is 3.69. The Morgan fingerprint density at radius 1 is 1.14 bits per heavy atom. The molecule has 3 N–H and O–H groups in total. The molecule has 146 valence electrons. The van der Waals surface area contributed by atoms with Crippen molar-refractivity contribution < 1.29 is 9.47 Å². The highest BCUT2D eigenvalue weighted by Crippen LogP contribution is 2.44. The molecule has 1 unspecified atom stereocenters. The van der Waals surface area contributed by atoms with Gasteiger partial charge < -0.3 is 20.1 Å². The van der Waals surface area contributed by atoms with Crippen molar-refractivity contribution in [3.8, 4) is 11.5 Å². The molecule has 0 bridgehead atoms. The third kappa shape index (κ3) is 2.47. The van der Waals surface area contributed by atoms with Crippen LogP contribution in [0.4, 0.5) is 11.8 Å². The smallest absolute Gasteiger partial charge is 0.227 e. The number of nitrogen functional groups attached to an aromatic ring is 1. The second-order valence-electron chi connectivity index (χ2n) is 7.71. The molecule has 0 amide bonds. The van der Waals surface area contributed by atoms with E-state index < -0.39 is 0 Å². The molecule has 0 radical (unpaired) electrons. The Hall–Kier alpha value is -3.03. The maximum absolute atomic E-state index is 6.29. The Morgan fingerprint density at radius 3 is 2.79 bits per heavy atom. The van der Waals surface area contributed by atoms with E-state index in [1.807, 2.05) is 18.3 Å². The highest BCUT2D eigenvalue weighted by Gasteiger charge is 2.44. The molecule has 2 aromatic heterocycles. The maximum atomic E-state index is 6.29. The minimum absolute atomic E-state index is 0.106. The maximum Gasteiger partial charge on any atom is 0.227 e. The molecule has 2 aliphatic rings. The average Bonchev–Trinajstić information content (AvgIpc) is 3.32. The summed E-state index contributed by atoms with van der Waals surface area (Å²) in [5.74, 6) is 2.37. The minimum atomic E-state index is 0.106. The lowest BCUT2D eigenvalue weighted by atomic mass is 9.78. The van der Waals surface area contributed by atoms with Crippen LogP contribution in [-0.4, -0.2) is 47.5 Å². The Morgan fingerprint density at radius 2 is 1.96 bits per heavy atom. The number of piperidine rings is 1. The van der Waals surface area contributed by atoms with E-state index >= 15 is 0 Å². The number of anilines is 2. The van der Waals surface area contributed by atoms with Crippen LogP contribution in [0, 0.1) is 0 Å². The van der Waals surface area contributed by atoms with Gasteiger partial charge in [-0.3, -0.25) is 5.10 Å². The van der Waals surface area contributed by atoms with Crippen LogP contribution < -0.4 is 20.1 Å². The fraction of sp³-hybridized carbons (Fsp3) is 0.450. The SMILES string of the molecule is COc1cc2nc(N3CCCC4(CCc5cn[nH]c54)C3)nc(N)c2cc1OC. The summed E-state index contributed by atoms with van der Waals surface area (Å²) >= 11 is 0. The summed E-state index contributed by atoms with van der Waals surface area (Å²) in [4.78, 5) is 11.7. The van der Waals surface area contributed by atoms with Gasteiger partial charge in [0.15, 0.2) is 11.5 Å². The van der Waals surface area contributed by atoms with Crippen LogP contribution in [0.3, 0.4) is 0 Å². The molecule has 1 saturated heterocycles. The molecule has 1 aliphatic heterocycles. The summed E-state index contributed by atoms with van der Waals surface area (Å²) in [7, 11) is 3.22. The average molecular weight is 380 g/mol. The quantitative estimate of drug-likeness (QED) is 0.719. The number of nitrogens with zero attached hydrogens (tertiary/aromatic N) is 4. The Labute approximate surface area is 163 Å². The van der Waals surface area contributed by atoms with E-state index in [2.05, 4.69) is 20.1 Å². The molecule has 0 saturated carbocycles. The molecule has 1 spiro atoms. The van der Waals surface area contributed by atoms with E-state index in [1.54, 1.807) is 14.2 Å². The largest absolute Gasteiger partial charge is 0.493 e. The van der Waals surface area contributed by atoms with E-state index in [4.69, 9.17) is 20.2 Å². The topological polar surface area (TPSA) is 102 Å². The number of benzene rings is 1. The predicted molar refractivity (Wildman–Crippen MR) is 107 cm³/mol. The van der Waals surface area contributed by atoms with E-state index in [1.165, 1.54) is 11.3 Å². The predicted octanol–water partition coefficient (Wildman–Crippen LogP) is 2.44. The molecule has 3 heterocycles. The zero-order chi connectivity index (χ0) is 19.3. The summed E-state index contributed by atoms with van der Waals surface area (Å²) in [5, 5.41) is 8.28. The first kappa shape index (κ1) is 17.1. The number of aromatic amines is 1. The first-order valence-corrected chi connectivity index (χ1v) is 9.60. The van der Waals surface area contributed by atoms with Gasteiger partial charge in [-0.2, -0.15) is 10.1 Å². The lowest BCUT2D eigenvalue weighted by Gasteiger charge is -2.40. The minimum Gasteiger partial charge on any atom is -0.493 e. The van der Waals surface area contributed by atoms with Gasteiger partial charge in [0.2, 0.25) is 5.95 Å². The van der Waals surface area contributed by atoms with Crippen LogP contribution in [0.2, 0.25) is 0 Å². The molecular formula is C20H24N6O2. The van der Waals surface area contributed by atoms with Gasteiger partial charge in [-0.15, -0.1) is 0 Å². The number of hydrogen-bond donors (Lipinski definition) is 2. The van der Waals surface area contributed by atoms with Crippen LogP contribution in [0.15, 0.2) is 18.3 Å². The lowest BCUT2D eigenvalue weighted by Crippen LogP contribution is -2.46. The van der Waals surface area contributed by atoms with Crippen molar-refractivity contribution in [2.75, 3.05) is 37.9 Å². The molecule has 3 aromatic rings. The summed E-state index contributed by atoms with van der Waals surface area (Å²) in [5.41, 5.74) is 9.79. The van der Waals surface area contributed by atoms with Crippen LogP contribution in [0.25, 0.3) is 10.9 Å². The highest BCUT2D eigenvalue weighted by atomic mass is 16.5. The van der Waals surface area contributed by atoms with Crippen molar-refractivity contribution in [3.05, 3.63) is 29.6 Å². The first-order valence-electron chi connectivity index (χ1n) is 9.60. The molecule has 1 fully saturated rings. The van der Waals surface area contributed by atoms with Gasteiger partial charge in [0.25, 0.3) is 0 Å². The summed E-state index contributed by atoms with van der Waals surface area (Å²) < 4.78 is 10.8. The number of hydrogen-bond acceptors (Lipinski definition) is 7. The number of fused-ring (bicyclic) bond motifs is 3. The highest BCUT2D eigenvalue weighted by molar-refractivity contribution is 5.91. The molecule has 5 rings (SSSR count). The number of ether oxygens (including phenoxy) is 2. The molecular weight excluding hydrogens is 356 g/mol. The number of nitrogens with one attached hydrogen (secondary N) is 1. The van der Waals surface area contributed by atoms with Crippen LogP contribution in [0.1, 0.15) is 30.5 Å². The standard InChI is InChI=1S/C20H24N6O2/c1-27-15-8-13-14(9-16(15)28-2)23-19(24-18(13)21)26-7-3-5-20(11-26)6-4-12-10-22-25-17(12)20/h8-10H,3-7,11H2,1-2H3,(H,22,25)(H2,21,23,24). The van der Waals surface area contributed by atoms with Crippen LogP contribution in [-0.2, 0) is 11.8 Å². The molecule has 1 aliphatic carbocycles. The zero-order valence-electron chi connectivity index (χ0n) is 16.2. The van der Waals surface area contributed by atoms with Crippen molar-refractivity contribution >= 4 is 22.7 Å². The van der Waals surface area contributed by atoms with Gasteiger partial charge in [0.1, 0.15) is 5.82 Å². The van der Waals surface area contributed by atoms with Crippen molar-refractivity contribution in [2.24, 2.45) is 0 Å². The molecule has 28 heavy (non-hydrogen) atoms. The van der Waals surface area contributed by atoms with Crippen LogP contribution >= 0.6 is 0 Å². The summed E-state index contributed by atoms with van der Waals surface area (Å²) in [6.07, 6.45) is 6.43. The number of aryl methyl sites for hydroxylation is 1. The van der Waals surface area contributed by atoms with E-state index in [0.29, 0.717) is 23.3 Å². The number of H-pyrrole nitrogens is 1. The van der Waals surface area contributed by atoms with Gasteiger partial charge in [0, 0.05) is 35.7 Å². The Balaban J connectivity index is 1.54. The normalized spacial score (nSPS) is 21.3. The third-order valence-electron chi connectivity index (χ3n) is 6.20.